The number of fused-ring (bicyclic) bond motifs is 1. The van der Waals surface area contributed by atoms with Gasteiger partial charge in [-0.3, -0.25) is 4.79 Å². The van der Waals surface area contributed by atoms with Crippen molar-refractivity contribution in [2.24, 2.45) is 0 Å². The third-order valence-electron chi connectivity index (χ3n) is 4.39. The summed E-state index contributed by atoms with van der Waals surface area (Å²) >= 11 is 0. The van der Waals surface area contributed by atoms with E-state index in [4.69, 9.17) is 4.42 Å². The summed E-state index contributed by atoms with van der Waals surface area (Å²) in [7, 11) is 0. The van der Waals surface area contributed by atoms with E-state index in [-0.39, 0.29) is 5.78 Å². The van der Waals surface area contributed by atoms with Crippen molar-refractivity contribution in [2.75, 3.05) is 0 Å². The molecule has 0 bridgehead atoms. The second-order valence-electron chi connectivity index (χ2n) is 6.12. The average molecular weight is 314 g/mol. The minimum Gasteiger partial charge on any atom is -0.461 e. The Morgan fingerprint density at radius 2 is 1.83 bits per heavy atom. The van der Waals surface area contributed by atoms with Gasteiger partial charge in [-0.05, 0) is 40.5 Å². The van der Waals surface area contributed by atoms with Gasteiger partial charge >= 0.3 is 0 Å². The summed E-state index contributed by atoms with van der Waals surface area (Å²) in [5, 5.41) is 2.32. The van der Waals surface area contributed by atoms with E-state index >= 15 is 0 Å². The number of Topliss-reactive ketones (excluding diaryl/α,β-unsaturated/α-hetero) is 1. The molecule has 24 heavy (non-hydrogen) atoms. The first-order valence-electron chi connectivity index (χ1n) is 8.23. The molecule has 1 heterocycles. The van der Waals surface area contributed by atoms with E-state index in [2.05, 4.69) is 30.4 Å². The van der Waals surface area contributed by atoms with Gasteiger partial charge in [0.2, 0.25) is 0 Å². The fraction of sp³-hybridized carbons (Fsp3) is 0.136. The molecule has 0 N–H and O–H groups in total. The van der Waals surface area contributed by atoms with Crippen molar-refractivity contribution in [3.05, 3.63) is 89.9 Å². The SMILES string of the molecule is O=C(Cc1ccc(C2=CC=CC2)o1)Cc1cccc2ccccc12. The summed E-state index contributed by atoms with van der Waals surface area (Å²) in [5.74, 6) is 1.78. The van der Waals surface area contributed by atoms with Crippen LogP contribution in [-0.2, 0) is 17.6 Å². The van der Waals surface area contributed by atoms with Crippen molar-refractivity contribution in [3.8, 4) is 0 Å². The lowest BCUT2D eigenvalue weighted by molar-refractivity contribution is -0.118. The molecule has 0 saturated heterocycles. The van der Waals surface area contributed by atoms with E-state index in [1.165, 1.54) is 11.0 Å². The van der Waals surface area contributed by atoms with Gasteiger partial charge in [0.25, 0.3) is 0 Å². The first-order valence-corrected chi connectivity index (χ1v) is 8.23. The number of furan rings is 1. The third-order valence-corrected chi connectivity index (χ3v) is 4.39. The highest BCUT2D eigenvalue weighted by Gasteiger charge is 2.13. The van der Waals surface area contributed by atoms with Crippen LogP contribution in [0.5, 0.6) is 0 Å². The van der Waals surface area contributed by atoms with Crippen LogP contribution in [0.1, 0.15) is 23.5 Å². The Labute approximate surface area is 141 Å². The summed E-state index contributed by atoms with van der Waals surface area (Å²) in [6, 6.07) is 18.2. The van der Waals surface area contributed by atoms with Crippen molar-refractivity contribution in [2.45, 2.75) is 19.3 Å². The topological polar surface area (TPSA) is 30.2 Å². The number of benzene rings is 2. The molecule has 118 valence electrons. The van der Waals surface area contributed by atoms with E-state index in [9.17, 15) is 4.79 Å². The molecule has 0 atom stereocenters. The zero-order valence-electron chi connectivity index (χ0n) is 13.4. The molecule has 0 radical (unpaired) electrons. The predicted molar refractivity (Wildman–Crippen MR) is 96.8 cm³/mol. The standard InChI is InChI=1S/C22H18O2/c23-19(14-18-10-5-9-16-6-3-4-11-21(16)18)15-20-12-13-22(24-20)17-7-1-2-8-17/h1-7,9-13H,8,14-15H2. The van der Waals surface area contributed by atoms with E-state index in [0.29, 0.717) is 12.8 Å². The third kappa shape index (κ3) is 2.95. The second kappa shape index (κ2) is 6.32. The largest absolute Gasteiger partial charge is 0.461 e. The Morgan fingerprint density at radius 3 is 2.71 bits per heavy atom. The van der Waals surface area contributed by atoms with Gasteiger partial charge in [0.05, 0.1) is 6.42 Å². The van der Waals surface area contributed by atoms with E-state index in [0.717, 1.165) is 28.9 Å². The molecule has 2 nitrogen and oxygen atoms in total. The fourth-order valence-corrected chi connectivity index (χ4v) is 3.19. The van der Waals surface area contributed by atoms with E-state index in [1.54, 1.807) is 0 Å². The summed E-state index contributed by atoms with van der Waals surface area (Å²) < 4.78 is 5.83. The van der Waals surface area contributed by atoms with E-state index < -0.39 is 0 Å². The van der Waals surface area contributed by atoms with Crippen LogP contribution < -0.4 is 0 Å². The van der Waals surface area contributed by atoms with Gasteiger partial charge in [0.15, 0.2) is 0 Å². The van der Waals surface area contributed by atoms with Gasteiger partial charge in [-0.25, -0.2) is 0 Å². The average Bonchev–Trinajstić information content (AvgIpc) is 3.26. The second-order valence-corrected chi connectivity index (χ2v) is 6.12. The number of allylic oxidation sites excluding steroid dienone is 4. The molecule has 0 aliphatic heterocycles. The molecule has 0 amide bonds. The zero-order valence-corrected chi connectivity index (χ0v) is 13.4. The number of hydrogen-bond acceptors (Lipinski definition) is 2. The summed E-state index contributed by atoms with van der Waals surface area (Å²) in [4.78, 5) is 12.5. The molecule has 1 aliphatic rings. The lowest BCUT2D eigenvalue weighted by Crippen LogP contribution is -2.06. The molecule has 2 heteroatoms. The molecular weight excluding hydrogens is 296 g/mol. The minimum absolute atomic E-state index is 0.172. The van der Waals surface area contributed by atoms with Gasteiger partial charge in [-0.1, -0.05) is 60.7 Å². The Kier molecular flexibility index (Phi) is 3.87. The molecule has 0 spiro atoms. The normalized spacial score (nSPS) is 13.4. The molecule has 0 unspecified atom stereocenters. The molecule has 0 saturated carbocycles. The maximum Gasteiger partial charge on any atom is 0.144 e. The monoisotopic (exact) mass is 314 g/mol. The Bertz CT molecular complexity index is 952. The first kappa shape index (κ1) is 14.7. The highest BCUT2D eigenvalue weighted by Crippen LogP contribution is 2.25. The predicted octanol–water partition coefficient (Wildman–Crippen LogP) is 5.13. The highest BCUT2D eigenvalue weighted by atomic mass is 16.3. The lowest BCUT2D eigenvalue weighted by Gasteiger charge is -2.05. The van der Waals surface area contributed by atoms with Gasteiger partial charge in [0.1, 0.15) is 17.3 Å². The molecule has 3 aromatic rings. The zero-order chi connectivity index (χ0) is 16.4. The molecular formula is C22H18O2. The van der Waals surface area contributed by atoms with Gasteiger partial charge in [0, 0.05) is 6.42 Å². The van der Waals surface area contributed by atoms with Crippen molar-refractivity contribution in [1.82, 2.24) is 0 Å². The van der Waals surface area contributed by atoms with Gasteiger partial charge in [-0.15, -0.1) is 0 Å². The molecule has 2 aromatic carbocycles. The summed E-state index contributed by atoms with van der Waals surface area (Å²) in [6.07, 6.45) is 7.86. The molecule has 1 aliphatic carbocycles. The van der Waals surface area contributed by atoms with Gasteiger partial charge < -0.3 is 4.42 Å². The van der Waals surface area contributed by atoms with Crippen molar-refractivity contribution in [1.29, 1.82) is 0 Å². The Morgan fingerprint density at radius 1 is 0.958 bits per heavy atom. The number of hydrogen-bond donors (Lipinski definition) is 0. The highest BCUT2D eigenvalue weighted by molar-refractivity contribution is 5.91. The number of carbonyl (C=O) groups is 1. The minimum atomic E-state index is 0.172. The summed E-state index contributed by atoms with van der Waals surface area (Å²) in [5.41, 5.74) is 2.25. The maximum absolute atomic E-state index is 12.5. The van der Waals surface area contributed by atoms with Crippen LogP contribution in [-0.4, -0.2) is 5.78 Å². The number of ketones is 1. The van der Waals surface area contributed by atoms with Crippen LogP contribution in [0.4, 0.5) is 0 Å². The van der Waals surface area contributed by atoms with Crippen molar-refractivity contribution < 1.29 is 9.21 Å². The summed E-state index contributed by atoms with van der Waals surface area (Å²) in [6.45, 7) is 0. The van der Waals surface area contributed by atoms with Crippen LogP contribution in [0, 0.1) is 0 Å². The fourth-order valence-electron chi connectivity index (χ4n) is 3.19. The molecule has 4 rings (SSSR count). The first-order chi connectivity index (χ1) is 11.8. The Hall–Kier alpha value is -2.87. The maximum atomic E-state index is 12.5. The molecule has 0 fully saturated rings. The number of rotatable bonds is 5. The lowest BCUT2D eigenvalue weighted by atomic mass is 9.99. The van der Waals surface area contributed by atoms with Crippen molar-refractivity contribution in [3.63, 3.8) is 0 Å². The van der Waals surface area contributed by atoms with Crippen LogP contribution in [0.25, 0.3) is 16.3 Å². The van der Waals surface area contributed by atoms with Crippen LogP contribution in [0.3, 0.4) is 0 Å². The smallest absolute Gasteiger partial charge is 0.144 e. The number of carbonyl (C=O) groups excluding carboxylic acids is 1. The Balaban J connectivity index is 1.48. The quantitative estimate of drug-likeness (QED) is 0.653. The van der Waals surface area contributed by atoms with Crippen LogP contribution in [0.2, 0.25) is 0 Å². The van der Waals surface area contributed by atoms with Gasteiger partial charge in [-0.2, -0.15) is 0 Å². The van der Waals surface area contributed by atoms with Crippen molar-refractivity contribution >= 4 is 22.1 Å². The van der Waals surface area contributed by atoms with E-state index in [1.807, 2.05) is 42.5 Å². The van der Waals surface area contributed by atoms with Crippen LogP contribution in [0.15, 0.2) is 77.2 Å². The molecule has 1 aromatic heterocycles. The van der Waals surface area contributed by atoms with Crippen LogP contribution >= 0.6 is 0 Å².